The van der Waals surface area contributed by atoms with Gasteiger partial charge in [-0.3, -0.25) is 9.48 Å². The first-order chi connectivity index (χ1) is 9.26. The zero-order chi connectivity index (χ0) is 14.9. The number of anilines is 1. The van der Waals surface area contributed by atoms with Gasteiger partial charge in [0.25, 0.3) is 0 Å². The van der Waals surface area contributed by atoms with Crippen LogP contribution in [0.4, 0.5) is 18.9 Å². The van der Waals surface area contributed by atoms with Crippen LogP contribution in [-0.2, 0) is 11.3 Å². The van der Waals surface area contributed by atoms with Crippen LogP contribution in [0.15, 0.2) is 12.4 Å². The standard InChI is InChI=1S/C12H17F3N4O/c1-8(9-2-3-9)19(7-12(13,14)15)11(20)6-18-5-10(16)4-17-18/h4-5,8-9H,2-3,6-7,16H2,1H3. The number of halogens is 3. The SMILES string of the molecule is CC(C1CC1)N(CC(F)(F)F)C(=O)Cn1cc(N)cn1. The maximum atomic E-state index is 12.6. The minimum absolute atomic E-state index is 0.170. The molecule has 20 heavy (non-hydrogen) atoms. The van der Waals surface area contributed by atoms with Gasteiger partial charge in [-0.25, -0.2) is 0 Å². The number of hydrogen-bond acceptors (Lipinski definition) is 3. The highest BCUT2D eigenvalue weighted by atomic mass is 19.4. The number of nitrogen functional groups attached to an aromatic ring is 1. The predicted molar refractivity (Wildman–Crippen MR) is 66.6 cm³/mol. The first-order valence-corrected chi connectivity index (χ1v) is 6.40. The summed E-state index contributed by atoms with van der Waals surface area (Å²) in [5, 5.41) is 3.82. The van der Waals surface area contributed by atoms with Crippen molar-refractivity contribution in [3.63, 3.8) is 0 Å². The molecule has 1 saturated carbocycles. The predicted octanol–water partition coefficient (Wildman–Crippen LogP) is 1.65. The van der Waals surface area contributed by atoms with Crippen molar-refractivity contribution in [3.05, 3.63) is 12.4 Å². The quantitative estimate of drug-likeness (QED) is 0.897. The molecule has 1 atom stereocenters. The Bertz CT molecular complexity index is 481. The molecular weight excluding hydrogens is 273 g/mol. The summed E-state index contributed by atoms with van der Waals surface area (Å²) >= 11 is 0. The third kappa shape index (κ3) is 3.88. The van der Waals surface area contributed by atoms with Crippen molar-refractivity contribution >= 4 is 11.6 Å². The number of nitrogens with two attached hydrogens (primary N) is 1. The molecule has 2 rings (SSSR count). The van der Waals surface area contributed by atoms with E-state index in [9.17, 15) is 18.0 Å². The molecule has 1 aliphatic carbocycles. The van der Waals surface area contributed by atoms with Gasteiger partial charge in [-0.15, -0.1) is 0 Å². The Kier molecular flexibility index (Phi) is 3.92. The van der Waals surface area contributed by atoms with Crippen LogP contribution >= 0.6 is 0 Å². The Morgan fingerprint density at radius 3 is 2.70 bits per heavy atom. The number of alkyl halides is 3. The van der Waals surface area contributed by atoms with E-state index in [0.29, 0.717) is 5.69 Å². The van der Waals surface area contributed by atoms with Gasteiger partial charge in [0.1, 0.15) is 13.1 Å². The van der Waals surface area contributed by atoms with Gasteiger partial charge < -0.3 is 10.6 Å². The number of aromatic nitrogens is 2. The van der Waals surface area contributed by atoms with Crippen molar-refractivity contribution in [1.29, 1.82) is 0 Å². The molecule has 1 unspecified atom stereocenters. The van der Waals surface area contributed by atoms with Gasteiger partial charge in [0.05, 0.1) is 11.9 Å². The van der Waals surface area contributed by atoms with Gasteiger partial charge in [0.15, 0.2) is 0 Å². The van der Waals surface area contributed by atoms with Gasteiger partial charge in [-0.2, -0.15) is 18.3 Å². The largest absolute Gasteiger partial charge is 0.406 e. The lowest BCUT2D eigenvalue weighted by molar-refractivity contribution is -0.166. The second-order valence-corrected chi connectivity index (χ2v) is 5.19. The molecular formula is C12H17F3N4O. The van der Waals surface area contributed by atoms with Crippen LogP contribution in [0.2, 0.25) is 0 Å². The third-order valence-corrected chi connectivity index (χ3v) is 3.42. The van der Waals surface area contributed by atoms with Crippen molar-refractivity contribution in [3.8, 4) is 0 Å². The van der Waals surface area contributed by atoms with E-state index in [1.807, 2.05) is 0 Å². The average Bonchev–Trinajstić information content (AvgIpc) is 3.09. The fourth-order valence-corrected chi connectivity index (χ4v) is 2.18. The molecule has 112 valence electrons. The molecule has 8 heteroatoms. The normalized spacial score (nSPS) is 17.0. The van der Waals surface area contributed by atoms with E-state index in [1.165, 1.54) is 17.1 Å². The van der Waals surface area contributed by atoms with Crippen LogP contribution in [0, 0.1) is 5.92 Å². The molecule has 0 radical (unpaired) electrons. The summed E-state index contributed by atoms with van der Waals surface area (Å²) in [7, 11) is 0. The van der Waals surface area contributed by atoms with Crippen molar-refractivity contribution in [2.45, 2.75) is 38.5 Å². The fraction of sp³-hybridized carbons (Fsp3) is 0.667. The molecule has 0 aliphatic heterocycles. The van der Waals surface area contributed by atoms with E-state index in [1.54, 1.807) is 6.92 Å². The highest BCUT2D eigenvalue weighted by Gasteiger charge is 2.40. The second kappa shape index (κ2) is 5.34. The molecule has 1 amide bonds. The maximum Gasteiger partial charge on any atom is 0.406 e. The second-order valence-electron chi connectivity index (χ2n) is 5.19. The van der Waals surface area contributed by atoms with E-state index in [0.717, 1.165) is 17.7 Å². The molecule has 0 spiro atoms. The lowest BCUT2D eigenvalue weighted by atomic mass is 10.1. The zero-order valence-corrected chi connectivity index (χ0v) is 11.1. The Labute approximate surface area is 114 Å². The Balaban J connectivity index is 2.06. The van der Waals surface area contributed by atoms with E-state index in [4.69, 9.17) is 5.73 Å². The van der Waals surface area contributed by atoms with Crippen LogP contribution < -0.4 is 5.73 Å². The van der Waals surface area contributed by atoms with Gasteiger partial charge in [0.2, 0.25) is 5.91 Å². The highest BCUT2D eigenvalue weighted by Crippen LogP contribution is 2.36. The minimum atomic E-state index is -4.40. The van der Waals surface area contributed by atoms with Crippen molar-refractivity contribution in [2.24, 2.45) is 5.92 Å². The van der Waals surface area contributed by atoms with Gasteiger partial charge in [-0.1, -0.05) is 0 Å². The first kappa shape index (κ1) is 14.7. The molecule has 1 aliphatic rings. The van der Waals surface area contributed by atoms with E-state index in [-0.39, 0.29) is 12.5 Å². The molecule has 1 heterocycles. The molecule has 2 N–H and O–H groups in total. The number of carbonyl (C=O) groups excluding carboxylic acids is 1. The molecule has 5 nitrogen and oxygen atoms in total. The number of hydrogen-bond donors (Lipinski definition) is 1. The Morgan fingerprint density at radius 1 is 1.60 bits per heavy atom. The zero-order valence-electron chi connectivity index (χ0n) is 11.1. The first-order valence-electron chi connectivity index (χ1n) is 6.40. The number of rotatable bonds is 5. The molecule has 0 aromatic carbocycles. The molecule has 0 saturated heterocycles. The van der Waals surface area contributed by atoms with Crippen molar-refractivity contribution in [1.82, 2.24) is 14.7 Å². The molecule has 1 aromatic heterocycles. The van der Waals surface area contributed by atoms with E-state index >= 15 is 0 Å². The van der Waals surface area contributed by atoms with Crippen LogP contribution in [-0.4, -0.2) is 39.4 Å². The smallest absolute Gasteiger partial charge is 0.396 e. The Morgan fingerprint density at radius 2 is 2.25 bits per heavy atom. The lowest BCUT2D eigenvalue weighted by Crippen LogP contribution is -2.46. The molecule has 1 aromatic rings. The van der Waals surface area contributed by atoms with Crippen LogP contribution in [0.5, 0.6) is 0 Å². The minimum Gasteiger partial charge on any atom is -0.396 e. The van der Waals surface area contributed by atoms with Gasteiger partial charge >= 0.3 is 6.18 Å². The molecule has 0 bridgehead atoms. The lowest BCUT2D eigenvalue weighted by Gasteiger charge is -2.30. The topological polar surface area (TPSA) is 64.2 Å². The maximum absolute atomic E-state index is 12.6. The summed E-state index contributed by atoms with van der Waals surface area (Å²) in [6.45, 7) is 0.212. The summed E-state index contributed by atoms with van der Waals surface area (Å²) in [5.74, 6) is -0.422. The van der Waals surface area contributed by atoms with Crippen LogP contribution in [0.25, 0.3) is 0 Å². The van der Waals surface area contributed by atoms with Gasteiger partial charge in [0, 0.05) is 12.2 Å². The number of nitrogens with zero attached hydrogens (tertiary/aromatic N) is 3. The highest BCUT2D eigenvalue weighted by molar-refractivity contribution is 5.76. The fourth-order valence-electron chi connectivity index (χ4n) is 2.18. The van der Waals surface area contributed by atoms with E-state index < -0.39 is 24.7 Å². The number of carbonyl (C=O) groups is 1. The summed E-state index contributed by atoms with van der Waals surface area (Å²) in [4.78, 5) is 13.0. The van der Waals surface area contributed by atoms with Crippen LogP contribution in [0.1, 0.15) is 19.8 Å². The summed E-state index contributed by atoms with van der Waals surface area (Å²) in [5.41, 5.74) is 5.83. The number of amides is 1. The summed E-state index contributed by atoms with van der Waals surface area (Å²) in [6.07, 6.45) is 0.119. The van der Waals surface area contributed by atoms with Crippen molar-refractivity contribution in [2.75, 3.05) is 12.3 Å². The monoisotopic (exact) mass is 290 g/mol. The Hall–Kier alpha value is -1.73. The van der Waals surface area contributed by atoms with Gasteiger partial charge in [-0.05, 0) is 25.7 Å². The van der Waals surface area contributed by atoms with E-state index in [2.05, 4.69) is 5.10 Å². The summed E-state index contributed by atoms with van der Waals surface area (Å²) in [6, 6.07) is -0.406. The van der Waals surface area contributed by atoms with Crippen molar-refractivity contribution < 1.29 is 18.0 Å². The average molecular weight is 290 g/mol. The molecule has 1 fully saturated rings. The van der Waals surface area contributed by atoms with Crippen LogP contribution in [0.3, 0.4) is 0 Å². The third-order valence-electron chi connectivity index (χ3n) is 3.42. The summed E-state index contributed by atoms with van der Waals surface area (Å²) < 4.78 is 39.1.